The van der Waals surface area contributed by atoms with Crippen molar-refractivity contribution >= 4 is 12.1 Å². The third-order valence-corrected chi connectivity index (χ3v) is 3.05. The van der Waals surface area contributed by atoms with Crippen LogP contribution in [0.4, 0.5) is 4.79 Å². The van der Waals surface area contributed by atoms with Gasteiger partial charge in [0.05, 0.1) is 18.6 Å². The Morgan fingerprint density at radius 3 is 2.38 bits per heavy atom. The summed E-state index contributed by atoms with van der Waals surface area (Å²) in [5.74, 6) is -0.487. The molecule has 1 aliphatic rings. The Morgan fingerprint density at radius 1 is 1.33 bits per heavy atom. The van der Waals surface area contributed by atoms with Gasteiger partial charge in [-0.3, -0.25) is 9.69 Å². The summed E-state index contributed by atoms with van der Waals surface area (Å²) >= 11 is 0. The Hall–Kier alpha value is -1.30. The van der Waals surface area contributed by atoms with E-state index in [1.807, 2.05) is 20.8 Å². The van der Waals surface area contributed by atoms with Crippen LogP contribution in [-0.4, -0.2) is 47.5 Å². The Morgan fingerprint density at radius 2 is 1.90 bits per heavy atom. The summed E-state index contributed by atoms with van der Waals surface area (Å²) in [6, 6.07) is -0.336. The summed E-state index contributed by atoms with van der Waals surface area (Å²) in [5.41, 5.74) is -1.37. The Kier molecular flexibility index (Phi) is 5.25. The lowest BCUT2D eigenvalue weighted by molar-refractivity contribution is -0.149. The van der Waals surface area contributed by atoms with Crippen LogP contribution in [0.3, 0.4) is 0 Å². The molecule has 6 heteroatoms. The molecule has 0 aromatic rings. The third-order valence-electron chi connectivity index (χ3n) is 3.05. The van der Waals surface area contributed by atoms with E-state index < -0.39 is 17.4 Å². The number of hydrogen-bond acceptors (Lipinski definition) is 5. The highest BCUT2D eigenvalue weighted by Crippen LogP contribution is 2.29. The highest BCUT2D eigenvalue weighted by atomic mass is 16.6. The third kappa shape index (κ3) is 4.88. The SMILES string of the molecule is CC(C)C(=O)OC[C@@H]1COC(C)(C)N1C(=O)OC(C)(C)C. The zero-order chi connectivity index (χ0) is 16.4. The molecular formula is C15H27NO5. The average Bonchev–Trinajstić information content (AvgIpc) is 2.58. The molecule has 122 valence electrons. The van der Waals surface area contributed by atoms with Crippen molar-refractivity contribution < 1.29 is 23.8 Å². The van der Waals surface area contributed by atoms with Crippen molar-refractivity contribution in [3.05, 3.63) is 0 Å². The molecule has 0 radical (unpaired) electrons. The molecule has 0 spiro atoms. The number of esters is 1. The van der Waals surface area contributed by atoms with Crippen LogP contribution in [0.5, 0.6) is 0 Å². The number of rotatable bonds is 3. The van der Waals surface area contributed by atoms with Crippen molar-refractivity contribution in [3.63, 3.8) is 0 Å². The number of carbonyl (C=O) groups excluding carboxylic acids is 2. The lowest BCUT2D eigenvalue weighted by atomic mass is 10.2. The molecule has 0 aromatic carbocycles. The van der Waals surface area contributed by atoms with Gasteiger partial charge in [0.25, 0.3) is 0 Å². The second-order valence-corrected chi connectivity index (χ2v) is 7.05. The number of ether oxygens (including phenoxy) is 3. The molecule has 0 saturated carbocycles. The average molecular weight is 301 g/mol. The minimum atomic E-state index is -0.781. The van der Waals surface area contributed by atoms with E-state index in [1.165, 1.54) is 4.90 Å². The van der Waals surface area contributed by atoms with Gasteiger partial charge < -0.3 is 14.2 Å². The Bertz CT molecular complexity index is 397. The van der Waals surface area contributed by atoms with Crippen LogP contribution in [0.25, 0.3) is 0 Å². The second kappa shape index (κ2) is 6.22. The molecule has 6 nitrogen and oxygen atoms in total. The molecule has 1 amide bonds. The van der Waals surface area contributed by atoms with Crippen LogP contribution >= 0.6 is 0 Å². The number of nitrogens with zero attached hydrogens (tertiary/aromatic N) is 1. The first kappa shape index (κ1) is 17.8. The lowest BCUT2D eigenvalue weighted by Gasteiger charge is -2.34. The first-order valence-electron chi connectivity index (χ1n) is 7.27. The van der Waals surface area contributed by atoms with Gasteiger partial charge in [-0.25, -0.2) is 4.79 Å². The molecule has 1 heterocycles. The van der Waals surface area contributed by atoms with E-state index in [0.717, 1.165) is 0 Å². The van der Waals surface area contributed by atoms with Gasteiger partial charge in [-0.15, -0.1) is 0 Å². The normalized spacial score (nSPS) is 21.5. The number of hydrogen-bond donors (Lipinski definition) is 0. The topological polar surface area (TPSA) is 65.1 Å². The van der Waals surface area contributed by atoms with Crippen molar-refractivity contribution in [2.75, 3.05) is 13.2 Å². The summed E-state index contributed by atoms with van der Waals surface area (Å²) in [6.07, 6.45) is -0.462. The van der Waals surface area contributed by atoms with E-state index >= 15 is 0 Å². The van der Waals surface area contributed by atoms with Gasteiger partial charge in [-0.05, 0) is 34.6 Å². The molecule has 0 bridgehead atoms. The van der Waals surface area contributed by atoms with Crippen LogP contribution in [0.1, 0.15) is 48.5 Å². The summed E-state index contributed by atoms with van der Waals surface area (Å²) in [4.78, 5) is 25.4. The van der Waals surface area contributed by atoms with Crippen molar-refractivity contribution in [2.24, 2.45) is 5.92 Å². The lowest BCUT2D eigenvalue weighted by Crippen LogP contribution is -2.51. The van der Waals surface area contributed by atoms with Gasteiger partial charge in [0, 0.05) is 0 Å². The van der Waals surface area contributed by atoms with Gasteiger partial charge in [-0.2, -0.15) is 0 Å². The molecule has 0 N–H and O–H groups in total. The minimum absolute atomic E-state index is 0.111. The van der Waals surface area contributed by atoms with Gasteiger partial charge in [0.15, 0.2) is 0 Å². The summed E-state index contributed by atoms with van der Waals surface area (Å²) in [6.45, 7) is 13.0. The molecule has 0 unspecified atom stereocenters. The van der Waals surface area contributed by atoms with Gasteiger partial charge in [-0.1, -0.05) is 13.8 Å². The van der Waals surface area contributed by atoms with E-state index in [1.54, 1.807) is 27.7 Å². The number of carbonyl (C=O) groups is 2. The molecule has 21 heavy (non-hydrogen) atoms. The van der Waals surface area contributed by atoms with Crippen LogP contribution in [0, 0.1) is 5.92 Å². The van der Waals surface area contributed by atoms with Crippen LogP contribution in [0.2, 0.25) is 0 Å². The van der Waals surface area contributed by atoms with Crippen molar-refractivity contribution in [2.45, 2.75) is 65.8 Å². The Balaban J connectivity index is 2.75. The number of amides is 1. The van der Waals surface area contributed by atoms with Gasteiger partial charge in [0.1, 0.15) is 17.9 Å². The van der Waals surface area contributed by atoms with Gasteiger partial charge >= 0.3 is 12.1 Å². The van der Waals surface area contributed by atoms with E-state index in [0.29, 0.717) is 6.61 Å². The van der Waals surface area contributed by atoms with E-state index in [2.05, 4.69) is 0 Å². The predicted molar refractivity (Wildman–Crippen MR) is 77.7 cm³/mol. The summed E-state index contributed by atoms with van der Waals surface area (Å²) in [5, 5.41) is 0. The minimum Gasteiger partial charge on any atom is -0.463 e. The molecule has 1 atom stereocenters. The van der Waals surface area contributed by atoms with Crippen molar-refractivity contribution in [1.29, 1.82) is 0 Å². The fourth-order valence-corrected chi connectivity index (χ4v) is 2.03. The van der Waals surface area contributed by atoms with Crippen LogP contribution in [0.15, 0.2) is 0 Å². The molecule has 0 aliphatic carbocycles. The van der Waals surface area contributed by atoms with Gasteiger partial charge in [0.2, 0.25) is 0 Å². The fraction of sp³-hybridized carbons (Fsp3) is 0.867. The predicted octanol–water partition coefficient (Wildman–Crippen LogP) is 2.56. The maximum Gasteiger partial charge on any atom is 0.413 e. The molecule has 1 saturated heterocycles. The standard InChI is InChI=1S/C15H27NO5/c1-10(2)12(17)19-8-11-9-20-15(6,7)16(11)13(18)21-14(3,4)5/h10-11H,8-9H2,1-7H3/t11-/m1/s1. The molecule has 1 fully saturated rings. The van der Waals surface area contributed by atoms with E-state index in [-0.39, 0.29) is 24.5 Å². The van der Waals surface area contributed by atoms with Crippen LogP contribution in [-0.2, 0) is 19.0 Å². The zero-order valence-corrected chi connectivity index (χ0v) is 14.1. The highest BCUT2D eigenvalue weighted by Gasteiger charge is 2.46. The van der Waals surface area contributed by atoms with Crippen molar-refractivity contribution in [3.8, 4) is 0 Å². The monoisotopic (exact) mass is 301 g/mol. The first-order valence-corrected chi connectivity index (χ1v) is 7.27. The fourth-order valence-electron chi connectivity index (χ4n) is 2.03. The van der Waals surface area contributed by atoms with Crippen LogP contribution < -0.4 is 0 Å². The highest BCUT2D eigenvalue weighted by molar-refractivity contribution is 5.72. The molecule has 0 aromatic heterocycles. The van der Waals surface area contributed by atoms with E-state index in [4.69, 9.17) is 14.2 Å². The smallest absolute Gasteiger partial charge is 0.413 e. The first-order chi connectivity index (χ1) is 9.44. The second-order valence-electron chi connectivity index (χ2n) is 7.05. The maximum atomic E-state index is 12.3. The maximum absolute atomic E-state index is 12.3. The van der Waals surface area contributed by atoms with Crippen molar-refractivity contribution in [1.82, 2.24) is 4.90 Å². The molecule has 1 aliphatic heterocycles. The quantitative estimate of drug-likeness (QED) is 0.750. The van der Waals surface area contributed by atoms with E-state index in [9.17, 15) is 9.59 Å². The summed E-state index contributed by atoms with van der Waals surface area (Å²) < 4.78 is 16.3. The molecular weight excluding hydrogens is 274 g/mol. The Labute approximate surface area is 126 Å². The summed E-state index contributed by atoms with van der Waals surface area (Å²) in [7, 11) is 0. The zero-order valence-electron chi connectivity index (χ0n) is 14.1. The molecule has 1 rings (SSSR count). The largest absolute Gasteiger partial charge is 0.463 e.